The van der Waals surface area contributed by atoms with E-state index in [-0.39, 0.29) is 28.3 Å². The Bertz CT molecular complexity index is 1170. The highest BCUT2D eigenvalue weighted by Crippen LogP contribution is 2.37. The third-order valence-corrected chi connectivity index (χ3v) is 4.83. The number of nitro groups is 1. The number of nitro benzene ring substituents is 1. The van der Waals surface area contributed by atoms with E-state index in [1.165, 1.54) is 24.3 Å². The normalized spacial score (nSPS) is 12.2. The zero-order chi connectivity index (χ0) is 22.0. The number of carbonyl (C=O) groups excluding carboxylic acids is 2. The van der Waals surface area contributed by atoms with Gasteiger partial charge in [-0.1, -0.05) is 29.8 Å². The number of aryl methyl sites for hydroxylation is 1. The lowest BCUT2D eigenvalue weighted by molar-refractivity contribution is -0.384. The van der Waals surface area contributed by atoms with E-state index >= 15 is 0 Å². The Kier molecular flexibility index (Phi) is 5.36. The number of benzene rings is 3. The third kappa shape index (κ3) is 4.23. The molecule has 0 spiro atoms. The smallest absolute Gasteiger partial charge is 0.269 e. The third-order valence-electron chi connectivity index (χ3n) is 4.83. The average molecular weight is 418 g/mol. The molecule has 0 saturated carbocycles. The first-order valence-electron chi connectivity index (χ1n) is 9.53. The van der Waals surface area contributed by atoms with E-state index in [9.17, 15) is 19.7 Å². The van der Waals surface area contributed by atoms with Gasteiger partial charge in [0, 0.05) is 29.3 Å². The Morgan fingerprint density at radius 3 is 2.10 bits per heavy atom. The molecule has 0 bridgehead atoms. The van der Waals surface area contributed by atoms with Crippen molar-refractivity contribution in [2.45, 2.75) is 6.92 Å². The second-order valence-electron chi connectivity index (χ2n) is 6.99. The van der Waals surface area contributed by atoms with Gasteiger partial charge in [-0.25, -0.2) is 0 Å². The summed E-state index contributed by atoms with van der Waals surface area (Å²) in [6.45, 7) is 2.64. The maximum atomic E-state index is 13.2. The van der Waals surface area contributed by atoms with Gasteiger partial charge in [-0.05, 0) is 25.1 Å². The van der Waals surface area contributed by atoms with Crippen molar-refractivity contribution in [2.24, 2.45) is 0 Å². The van der Waals surface area contributed by atoms with Crippen molar-refractivity contribution in [2.75, 3.05) is 18.5 Å². The Morgan fingerprint density at radius 1 is 0.903 bits per heavy atom. The molecule has 1 heterocycles. The number of nitrogens with zero attached hydrogens (tertiary/aromatic N) is 1. The van der Waals surface area contributed by atoms with Gasteiger partial charge in [0.2, 0.25) is 0 Å². The zero-order valence-electron chi connectivity index (χ0n) is 16.6. The van der Waals surface area contributed by atoms with Crippen LogP contribution in [-0.2, 0) is 0 Å². The molecule has 0 saturated heterocycles. The molecular formula is C23H18N2O6. The number of amides is 1. The van der Waals surface area contributed by atoms with Crippen molar-refractivity contribution in [1.82, 2.24) is 0 Å². The second kappa shape index (κ2) is 8.27. The molecule has 3 aromatic rings. The summed E-state index contributed by atoms with van der Waals surface area (Å²) in [6.07, 6.45) is 0. The number of carbonyl (C=O) groups is 2. The number of ketones is 1. The summed E-state index contributed by atoms with van der Waals surface area (Å²) in [6, 6.07) is 15.4. The highest BCUT2D eigenvalue weighted by Gasteiger charge is 2.22. The van der Waals surface area contributed by atoms with Crippen LogP contribution in [0.1, 0.15) is 31.8 Å². The van der Waals surface area contributed by atoms with Gasteiger partial charge >= 0.3 is 0 Å². The minimum absolute atomic E-state index is 0.119. The predicted octanol–water partition coefficient (Wildman–Crippen LogP) is 4.16. The van der Waals surface area contributed by atoms with E-state index < -0.39 is 10.8 Å². The van der Waals surface area contributed by atoms with Crippen molar-refractivity contribution in [3.8, 4) is 11.5 Å². The van der Waals surface area contributed by atoms with Crippen molar-refractivity contribution in [1.29, 1.82) is 0 Å². The van der Waals surface area contributed by atoms with Crippen LogP contribution in [0.2, 0.25) is 0 Å². The van der Waals surface area contributed by atoms with Crippen LogP contribution in [0.3, 0.4) is 0 Å². The summed E-state index contributed by atoms with van der Waals surface area (Å²) in [5.41, 5.74) is 2.10. The standard InChI is InChI=1S/C23H18N2O6/c1-14-2-4-15(5-3-14)22(26)18-12-20-21(31-11-10-30-20)13-19(18)24-23(27)16-6-8-17(9-7-16)25(28)29/h2-9,12-13H,10-11H2,1H3,(H,24,27). The number of hydrogen-bond donors (Lipinski definition) is 1. The second-order valence-corrected chi connectivity index (χ2v) is 6.99. The molecule has 0 radical (unpaired) electrons. The van der Waals surface area contributed by atoms with Gasteiger partial charge < -0.3 is 14.8 Å². The lowest BCUT2D eigenvalue weighted by Crippen LogP contribution is -2.19. The average Bonchev–Trinajstić information content (AvgIpc) is 2.78. The fraction of sp³-hybridized carbons (Fsp3) is 0.130. The molecule has 0 unspecified atom stereocenters. The summed E-state index contributed by atoms with van der Waals surface area (Å²) in [5.74, 6) is 0.0567. The first-order valence-corrected chi connectivity index (χ1v) is 9.53. The van der Waals surface area contributed by atoms with E-state index in [1.807, 2.05) is 19.1 Å². The van der Waals surface area contributed by atoms with Gasteiger partial charge in [0.25, 0.3) is 11.6 Å². The minimum atomic E-state index is -0.541. The Labute approximate surface area is 177 Å². The van der Waals surface area contributed by atoms with E-state index in [2.05, 4.69) is 5.32 Å². The first-order chi connectivity index (χ1) is 14.9. The summed E-state index contributed by atoms with van der Waals surface area (Å²) in [4.78, 5) is 36.2. The highest BCUT2D eigenvalue weighted by molar-refractivity contribution is 6.15. The largest absolute Gasteiger partial charge is 0.486 e. The fourth-order valence-corrected chi connectivity index (χ4v) is 3.17. The van der Waals surface area contributed by atoms with Crippen LogP contribution in [-0.4, -0.2) is 29.8 Å². The molecule has 1 aliphatic heterocycles. The lowest BCUT2D eigenvalue weighted by Gasteiger charge is -2.21. The predicted molar refractivity (Wildman–Crippen MR) is 113 cm³/mol. The van der Waals surface area contributed by atoms with Crippen molar-refractivity contribution in [3.05, 3.63) is 93.0 Å². The molecule has 0 aliphatic carbocycles. The van der Waals surface area contributed by atoms with Crippen LogP contribution < -0.4 is 14.8 Å². The number of anilines is 1. The molecule has 1 amide bonds. The number of nitrogens with one attached hydrogen (secondary N) is 1. The van der Waals surface area contributed by atoms with E-state index in [4.69, 9.17) is 9.47 Å². The Morgan fingerprint density at radius 2 is 1.48 bits per heavy atom. The molecule has 0 fully saturated rings. The summed E-state index contributed by atoms with van der Waals surface area (Å²) in [7, 11) is 0. The molecule has 3 aromatic carbocycles. The summed E-state index contributed by atoms with van der Waals surface area (Å²) in [5, 5.41) is 13.5. The topological polar surface area (TPSA) is 108 Å². The molecule has 0 atom stereocenters. The van der Waals surface area contributed by atoms with Gasteiger partial charge in [-0.2, -0.15) is 0 Å². The lowest BCUT2D eigenvalue weighted by atomic mass is 9.99. The highest BCUT2D eigenvalue weighted by atomic mass is 16.6. The maximum Gasteiger partial charge on any atom is 0.269 e. The van der Waals surface area contributed by atoms with E-state index in [0.29, 0.717) is 30.3 Å². The van der Waals surface area contributed by atoms with Crippen LogP contribution in [0.25, 0.3) is 0 Å². The van der Waals surface area contributed by atoms with Gasteiger partial charge in [0.1, 0.15) is 13.2 Å². The van der Waals surface area contributed by atoms with Crippen LogP contribution in [0.15, 0.2) is 60.7 Å². The first kappa shape index (κ1) is 20.1. The molecule has 0 aromatic heterocycles. The maximum absolute atomic E-state index is 13.2. The van der Waals surface area contributed by atoms with Crippen LogP contribution >= 0.6 is 0 Å². The molecule has 1 N–H and O–H groups in total. The van der Waals surface area contributed by atoms with Gasteiger partial charge in [0.15, 0.2) is 17.3 Å². The Balaban J connectivity index is 1.69. The summed E-state index contributed by atoms with van der Waals surface area (Å²) < 4.78 is 11.2. The molecule has 8 heteroatoms. The van der Waals surface area contributed by atoms with Gasteiger partial charge in [0.05, 0.1) is 16.2 Å². The number of fused-ring (bicyclic) bond motifs is 1. The van der Waals surface area contributed by atoms with Gasteiger partial charge in [-0.3, -0.25) is 19.7 Å². The number of hydrogen-bond acceptors (Lipinski definition) is 6. The molecule has 156 valence electrons. The van der Waals surface area contributed by atoms with E-state index in [1.54, 1.807) is 24.3 Å². The SMILES string of the molecule is Cc1ccc(C(=O)c2cc3c(cc2NC(=O)c2ccc([N+](=O)[O-])cc2)OCCO3)cc1. The molecule has 8 nitrogen and oxygen atoms in total. The van der Waals surface area contributed by atoms with Crippen LogP contribution in [0, 0.1) is 17.0 Å². The van der Waals surface area contributed by atoms with Crippen molar-refractivity contribution < 1.29 is 24.0 Å². The number of ether oxygens (including phenoxy) is 2. The molecule has 1 aliphatic rings. The molecule has 4 rings (SSSR count). The molecular weight excluding hydrogens is 400 g/mol. The minimum Gasteiger partial charge on any atom is -0.486 e. The van der Waals surface area contributed by atoms with Crippen molar-refractivity contribution in [3.63, 3.8) is 0 Å². The zero-order valence-corrected chi connectivity index (χ0v) is 16.6. The number of rotatable bonds is 5. The monoisotopic (exact) mass is 418 g/mol. The molecule has 31 heavy (non-hydrogen) atoms. The summed E-state index contributed by atoms with van der Waals surface area (Å²) >= 11 is 0. The van der Waals surface area contributed by atoms with Crippen LogP contribution in [0.4, 0.5) is 11.4 Å². The van der Waals surface area contributed by atoms with Gasteiger partial charge in [-0.15, -0.1) is 0 Å². The Hall–Kier alpha value is -4.20. The van der Waals surface area contributed by atoms with E-state index in [0.717, 1.165) is 5.56 Å². The number of non-ortho nitro benzene ring substituents is 1. The van der Waals surface area contributed by atoms with Crippen LogP contribution in [0.5, 0.6) is 11.5 Å². The fourth-order valence-electron chi connectivity index (χ4n) is 3.17. The quantitative estimate of drug-likeness (QED) is 0.379. The van der Waals surface area contributed by atoms with Crippen molar-refractivity contribution >= 4 is 23.1 Å².